The van der Waals surface area contributed by atoms with Gasteiger partial charge >= 0.3 is 0 Å². The van der Waals surface area contributed by atoms with Crippen LogP contribution in [-0.2, 0) is 13.5 Å². The van der Waals surface area contributed by atoms with E-state index in [1.54, 1.807) is 0 Å². The van der Waals surface area contributed by atoms with Crippen LogP contribution in [0, 0.1) is 11.8 Å². The number of nitrogens with zero attached hydrogens (tertiary/aromatic N) is 2. The average Bonchev–Trinajstić information content (AvgIpc) is 3.01. The van der Waals surface area contributed by atoms with Gasteiger partial charge in [0.1, 0.15) is 0 Å². The molecule has 1 aliphatic carbocycles. The van der Waals surface area contributed by atoms with Crippen molar-refractivity contribution in [3.8, 4) is 0 Å². The van der Waals surface area contributed by atoms with Gasteiger partial charge in [0.25, 0.3) is 0 Å². The maximum Gasteiger partial charge on any atom is 0.0521 e. The van der Waals surface area contributed by atoms with E-state index in [1.807, 2.05) is 17.9 Å². The van der Waals surface area contributed by atoms with Crippen molar-refractivity contribution in [2.45, 2.75) is 45.4 Å². The number of hydrogen-bond acceptors (Lipinski definition) is 2. The lowest BCUT2D eigenvalue weighted by Gasteiger charge is -2.23. The van der Waals surface area contributed by atoms with Crippen LogP contribution in [0.5, 0.6) is 0 Å². The summed E-state index contributed by atoms with van der Waals surface area (Å²) in [5.41, 5.74) is 1.39. The van der Waals surface area contributed by atoms with E-state index in [0.717, 1.165) is 18.4 Å². The first-order valence-electron chi connectivity index (χ1n) is 7.48. The Labute approximate surface area is 111 Å². The number of aromatic nitrogens is 2. The average molecular weight is 249 g/mol. The molecule has 0 aliphatic heterocycles. The van der Waals surface area contributed by atoms with Gasteiger partial charge in [-0.2, -0.15) is 5.10 Å². The molecule has 1 aliphatic rings. The third-order valence-electron chi connectivity index (χ3n) is 4.29. The van der Waals surface area contributed by atoms with Crippen molar-refractivity contribution >= 4 is 0 Å². The Bertz CT molecular complexity index is 339. The quantitative estimate of drug-likeness (QED) is 0.805. The Balaban J connectivity index is 1.83. The summed E-state index contributed by atoms with van der Waals surface area (Å²) in [6.07, 6.45) is 12.4. The van der Waals surface area contributed by atoms with Gasteiger partial charge in [-0.15, -0.1) is 0 Å². The van der Waals surface area contributed by atoms with Crippen LogP contribution in [0.25, 0.3) is 0 Å². The van der Waals surface area contributed by atoms with Gasteiger partial charge in [-0.05, 0) is 43.3 Å². The highest BCUT2D eigenvalue weighted by Gasteiger charge is 2.24. The molecule has 1 fully saturated rings. The van der Waals surface area contributed by atoms with Crippen LogP contribution in [0.3, 0.4) is 0 Å². The van der Waals surface area contributed by atoms with Crippen molar-refractivity contribution in [3.63, 3.8) is 0 Å². The van der Waals surface area contributed by atoms with Crippen molar-refractivity contribution in [2.24, 2.45) is 18.9 Å². The molecule has 1 heterocycles. The smallest absolute Gasteiger partial charge is 0.0521 e. The highest BCUT2D eigenvalue weighted by Crippen LogP contribution is 2.33. The van der Waals surface area contributed by atoms with Crippen LogP contribution in [0.1, 0.15) is 44.6 Å². The zero-order chi connectivity index (χ0) is 12.8. The van der Waals surface area contributed by atoms with Crippen LogP contribution in [0.15, 0.2) is 12.4 Å². The second kappa shape index (κ2) is 6.93. The highest BCUT2D eigenvalue weighted by molar-refractivity contribution is 5.03. The third-order valence-corrected chi connectivity index (χ3v) is 4.29. The lowest BCUT2D eigenvalue weighted by Crippen LogP contribution is -2.27. The molecular formula is C15H27N3. The summed E-state index contributed by atoms with van der Waals surface area (Å²) in [6.45, 7) is 4.49. The first-order valence-corrected chi connectivity index (χ1v) is 7.48. The normalized spacial score (nSPS) is 18.3. The summed E-state index contributed by atoms with van der Waals surface area (Å²) in [4.78, 5) is 0. The van der Waals surface area contributed by atoms with Crippen LogP contribution >= 0.6 is 0 Å². The lowest BCUT2D eigenvalue weighted by molar-refractivity contribution is 0.307. The predicted octanol–water partition coefficient (Wildman–Crippen LogP) is 2.77. The van der Waals surface area contributed by atoms with Gasteiger partial charge in [0.05, 0.1) is 6.20 Å². The molecule has 1 aromatic heterocycles. The molecule has 18 heavy (non-hydrogen) atoms. The SMILES string of the molecule is CCNCC(CCc1cnn(C)c1)C1CCCC1. The van der Waals surface area contributed by atoms with E-state index in [0.29, 0.717) is 0 Å². The third kappa shape index (κ3) is 3.84. The topological polar surface area (TPSA) is 29.9 Å². The second-order valence-electron chi connectivity index (χ2n) is 5.67. The lowest BCUT2D eigenvalue weighted by atomic mass is 9.86. The summed E-state index contributed by atoms with van der Waals surface area (Å²) < 4.78 is 1.91. The van der Waals surface area contributed by atoms with Gasteiger partial charge in [0, 0.05) is 13.2 Å². The fraction of sp³-hybridized carbons (Fsp3) is 0.800. The van der Waals surface area contributed by atoms with Crippen molar-refractivity contribution in [1.82, 2.24) is 15.1 Å². The van der Waals surface area contributed by atoms with E-state index in [-0.39, 0.29) is 0 Å². The van der Waals surface area contributed by atoms with Gasteiger partial charge in [-0.25, -0.2) is 0 Å². The number of aryl methyl sites for hydroxylation is 2. The molecule has 0 spiro atoms. The molecule has 1 aromatic rings. The minimum Gasteiger partial charge on any atom is -0.317 e. The molecule has 0 bridgehead atoms. The Morgan fingerprint density at radius 3 is 2.83 bits per heavy atom. The molecule has 1 saturated carbocycles. The van der Waals surface area contributed by atoms with Crippen molar-refractivity contribution in [2.75, 3.05) is 13.1 Å². The standard InChI is InChI=1S/C15H27N3/c1-3-16-11-15(14-6-4-5-7-14)9-8-13-10-17-18(2)12-13/h10,12,14-16H,3-9,11H2,1-2H3. The fourth-order valence-electron chi connectivity index (χ4n) is 3.22. The van der Waals surface area contributed by atoms with E-state index >= 15 is 0 Å². The molecular weight excluding hydrogens is 222 g/mol. The molecule has 3 nitrogen and oxygen atoms in total. The van der Waals surface area contributed by atoms with Crippen molar-refractivity contribution < 1.29 is 0 Å². The van der Waals surface area contributed by atoms with E-state index in [1.165, 1.54) is 50.6 Å². The van der Waals surface area contributed by atoms with E-state index < -0.39 is 0 Å². The van der Waals surface area contributed by atoms with Crippen molar-refractivity contribution in [1.29, 1.82) is 0 Å². The van der Waals surface area contributed by atoms with E-state index in [9.17, 15) is 0 Å². The summed E-state index contributed by atoms with van der Waals surface area (Å²) >= 11 is 0. The molecule has 1 N–H and O–H groups in total. The van der Waals surface area contributed by atoms with Gasteiger partial charge in [-0.1, -0.05) is 32.6 Å². The predicted molar refractivity (Wildman–Crippen MR) is 75.5 cm³/mol. The first kappa shape index (κ1) is 13.6. The highest BCUT2D eigenvalue weighted by atomic mass is 15.2. The first-order chi connectivity index (χ1) is 8.79. The Kier molecular flexibility index (Phi) is 5.24. The Morgan fingerprint density at radius 1 is 1.44 bits per heavy atom. The maximum absolute atomic E-state index is 4.26. The van der Waals surface area contributed by atoms with Crippen molar-refractivity contribution in [3.05, 3.63) is 18.0 Å². The zero-order valence-electron chi connectivity index (χ0n) is 11.9. The molecule has 0 aromatic carbocycles. The molecule has 0 amide bonds. The number of rotatable bonds is 7. The largest absolute Gasteiger partial charge is 0.317 e. The molecule has 0 radical (unpaired) electrons. The summed E-state index contributed by atoms with van der Waals surface area (Å²) in [5.74, 6) is 1.81. The fourth-order valence-corrected chi connectivity index (χ4v) is 3.22. The molecule has 3 heteroatoms. The molecule has 2 rings (SSSR count). The van der Waals surface area contributed by atoms with Crippen LogP contribution in [0.4, 0.5) is 0 Å². The summed E-state index contributed by atoms with van der Waals surface area (Å²) in [7, 11) is 2.00. The Morgan fingerprint density at radius 2 is 2.22 bits per heavy atom. The van der Waals surface area contributed by atoms with Crippen LogP contribution in [0.2, 0.25) is 0 Å². The van der Waals surface area contributed by atoms with Gasteiger partial charge in [-0.3, -0.25) is 4.68 Å². The Hall–Kier alpha value is -0.830. The zero-order valence-corrected chi connectivity index (χ0v) is 11.9. The second-order valence-corrected chi connectivity index (χ2v) is 5.67. The summed E-state index contributed by atoms with van der Waals surface area (Å²) in [6, 6.07) is 0. The molecule has 102 valence electrons. The van der Waals surface area contributed by atoms with E-state index in [2.05, 4.69) is 23.5 Å². The van der Waals surface area contributed by atoms with Gasteiger partial charge in [0.2, 0.25) is 0 Å². The summed E-state index contributed by atoms with van der Waals surface area (Å²) in [5, 5.41) is 7.80. The van der Waals surface area contributed by atoms with Crippen LogP contribution in [-0.4, -0.2) is 22.9 Å². The minimum atomic E-state index is 0.854. The van der Waals surface area contributed by atoms with Crippen LogP contribution < -0.4 is 5.32 Å². The molecule has 1 unspecified atom stereocenters. The van der Waals surface area contributed by atoms with Gasteiger partial charge < -0.3 is 5.32 Å². The maximum atomic E-state index is 4.26. The monoisotopic (exact) mass is 249 g/mol. The van der Waals surface area contributed by atoms with E-state index in [4.69, 9.17) is 0 Å². The number of nitrogens with one attached hydrogen (secondary N) is 1. The number of hydrogen-bond donors (Lipinski definition) is 1. The van der Waals surface area contributed by atoms with Gasteiger partial charge in [0.15, 0.2) is 0 Å². The minimum absolute atomic E-state index is 0.854. The molecule has 0 saturated heterocycles. The molecule has 1 atom stereocenters.